The number of aliphatic carboxylic acids is 1. The van der Waals surface area contributed by atoms with Gasteiger partial charge in [-0.1, -0.05) is 13.8 Å². The molecule has 2 fully saturated rings. The molecule has 9 heteroatoms. The molecule has 6 nitrogen and oxygen atoms in total. The number of halogens is 3. The van der Waals surface area contributed by atoms with Crippen molar-refractivity contribution in [3.05, 3.63) is 0 Å². The van der Waals surface area contributed by atoms with Crippen molar-refractivity contribution < 1.29 is 32.7 Å². The van der Waals surface area contributed by atoms with E-state index in [1.54, 1.807) is 13.8 Å². The van der Waals surface area contributed by atoms with Crippen molar-refractivity contribution in [2.75, 3.05) is 13.1 Å². The molecule has 1 unspecified atom stereocenters. The fourth-order valence-electron chi connectivity index (χ4n) is 3.10. The Morgan fingerprint density at radius 1 is 1.36 bits per heavy atom. The molecule has 0 spiro atoms. The van der Waals surface area contributed by atoms with Gasteiger partial charge in [0.1, 0.15) is 12.6 Å². The summed E-state index contributed by atoms with van der Waals surface area (Å²) in [5.74, 6) is -4.08. The maximum atomic E-state index is 12.3. The highest BCUT2D eigenvalue weighted by molar-refractivity contribution is 5.95. The Kier molecular flexibility index (Phi) is 3.87. The summed E-state index contributed by atoms with van der Waals surface area (Å²) >= 11 is 0. The van der Waals surface area contributed by atoms with Gasteiger partial charge in [-0.3, -0.25) is 14.4 Å². The Hall–Kier alpha value is -1.80. The van der Waals surface area contributed by atoms with Gasteiger partial charge in [0.15, 0.2) is 0 Å². The lowest BCUT2D eigenvalue weighted by molar-refractivity contribution is -0.158. The number of carbonyl (C=O) groups is 3. The summed E-state index contributed by atoms with van der Waals surface area (Å²) in [5, 5.41) is 11.4. The number of alkyl halides is 3. The summed E-state index contributed by atoms with van der Waals surface area (Å²) in [7, 11) is 0. The lowest BCUT2D eigenvalue weighted by Gasteiger charge is -2.18. The molecule has 2 N–H and O–H groups in total. The molecule has 0 aromatic heterocycles. The van der Waals surface area contributed by atoms with Crippen LogP contribution >= 0.6 is 0 Å². The van der Waals surface area contributed by atoms with E-state index < -0.39 is 53.8 Å². The largest absolute Gasteiger partial charge is 0.481 e. The van der Waals surface area contributed by atoms with E-state index in [-0.39, 0.29) is 13.0 Å². The molecule has 124 valence electrons. The molecule has 1 heterocycles. The molecular formula is C13H17F3N2O4. The van der Waals surface area contributed by atoms with E-state index in [1.807, 2.05) is 0 Å². The highest BCUT2D eigenvalue weighted by Crippen LogP contribution is 2.58. The number of rotatable bonds is 4. The van der Waals surface area contributed by atoms with E-state index in [9.17, 15) is 27.6 Å². The minimum atomic E-state index is -4.48. The summed E-state index contributed by atoms with van der Waals surface area (Å²) in [6, 6.07) is -1.01. The number of nitrogens with one attached hydrogen (secondary N) is 1. The van der Waals surface area contributed by atoms with Crippen LogP contribution in [0.25, 0.3) is 0 Å². The molecular weight excluding hydrogens is 305 g/mol. The number of nitrogens with zero attached hydrogens (tertiary/aromatic N) is 1. The highest BCUT2D eigenvalue weighted by Gasteiger charge is 2.66. The molecule has 1 aliphatic carbocycles. The van der Waals surface area contributed by atoms with Crippen LogP contribution in [0.5, 0.6) is 0 Å². The van der Waals surface area contributed by atoms with Gasteiger partial charge in [0, 0.05) is 6.54 Å². The molecule has 2 amide bonds. The van der Waals surface area contributed by atoms with Crippen LogP contribution in [0.1, 0.15) is 20.3 Å². The predicted octanol–water partition coefficient (Wildman–Crippen LogP) is 0.623. The first kappa shape index (κ1) is 16.6. The smallest absolute Gasteiger partial charge is 0.406 e. The molecule has 22 heavy (non-hydrogen) atoms. The number of carboxylic acid groups (broad SMARTS) is 1. The van der Waals surface area contributed by atoms with Gasteiger partial charge in [-0.05, 0) is 11.8 Å². The van der Waals surface area contributed by atoms with Crippen molar-refractivity contribution in [1.82, 2.24) is 10.2 Å². The van der Waals surface area contributed by atoms with E-state index in [0.29, 0.717) is 4.90 Å². The zero-order valence-electron chi connectivity index (χ0n) is 12.1. The summed E-state index contributed by atoms with van der Waals surface area (Å²) < 4.78 is 36.9. The monoisotopic (exact) mass is 322 g/mol. The maximum absolute atomic E-state index is 12.3. The molecule has 1 saturated carbocycles. The zero-order valence-corrected chi connectivity index (χ0v) is 12.1. The average molecular weight is 322 g/mol. The van der Waals surface area contributed by atoms with Crippen LogP contribution in [-0.4, -0.2) is 53.1 Å². The van der Waals surface area contributed by atoms with Gasteiger partial charge >= 0.3 is 12.1 Å². The SMILES string of the molecule is CC1(C)[C@H](C(=O)O)[C@@H]1C(=O)NC1CCN(CC(F)(F)F)C1=O. The van der Waals surface area contributed by atoms with E-state index >= 15 is 0 Å². The van der Waals surface area contributed by atoms with Crippen LogP contribution in [-0.2, 0) is 14.4 Å². The third-order valence-electron chi connectivity index (χ3n) is 4.36. The quantitative estimate of drug-likeness (QED) is 0.794. The molecule has 2 rings (SSSR count). The Balaban J connectivity index is 1.94. The number of carboxylic acids is 1. The fraction of sp³-hybridized carbons (Fsp3) is 0.769. The van der Waals surface area contributed by atoms with E-state index in [2.05, 4.69) is 5.32 Å². The molecule has 0 aromatic carbocycles. The second-order valence-corrected chi connectivity index (χ2v) is 6.34. The molecule has 1 aliphatic heterocycles. The lowest BCUT2D eigenvalue weighted by atomic mass is 10.1. The van der Waals surface area contributed by atoms with Gasteiger partial charge in [-0.25, -0.2) is 0 Å². The average Bonchev–Trinajstić information content (AvgIpc) is 2.79. The van der Waals surface area contributed by atoms with Crippen LogP contribution in [0, 0.1) is 17.3 Å². The first-order valence-corrected chi connectivity index (χ1v) is 6.84. The first-order valence-electron chi connectivity index (χ1n) is 6.84. The summed E-state index contributed by atoms with van der Waals surface area (Å²) in [6.07, 6.45) is -4.40. The van der Waals surface area contributed by atoms with Crippen LogP contribution in [0.3, 0.4) is 0 Å². The maximum Gasteiger partial charge on any atom is 0.406 e. The summed E-state index contributed by atoms with van der Waals surface area (Å²) in [5.41, 5.74) is -0.719. The van der Waals surface area contributed by atoms with Crippen molar-refractivity contribution in [3.8, 4) is 0 Å². The van der Waals surface area contributed by atoms with Crippen molar-refractivity contribution in [3.63, 3.8) is 0 Å². The molecule has 0 aromatic rings. The lowest BCUT2D eigenvalue weighted by Crippen LogP contribution is -2.44. The van der Waals surface area contributed by atoms with Crippen molar-refractivity contribution in [2.24, 2.45) is 17.3 Å². The van der Waals surface area contributed by atoms with Gasteiger partial charge in [0.05, 0.1) is 11.8 Å². The third kappa shape index (κ3) is 3.02. The molecule has 2 aliphatic rings. The molecule has 0 radical (unpaired) electrons. The highest BCUT2D eigenvalue weighted by atomic mass is 19.4. The van der Waals surface area contributed by atoms with Crippen molar-refractivity contribution >= 4 is 17.8 Å². The Labute approximate surface area is 124 Å². The summed E-state index contributed by atoms with van der Waals surface area (Å²) in [4.78, 5) is 35.6. The van der Waals surface area contributed by atoms with Crippen molar-refractivity contribution in [2.45, 2.75) is 32.5 Å². The zero-order chi connectivity index (χ0) is 16.9. The molecule has 1 saturated heterocycles. The molecule has 0 bridgehead atoms. The number of hydrogen-bond acceptors (Lipinski definition) is 3. The van der Waals surface area contributed by atoms with Crippen LogP contribution in [0.2, 0.25) is 0 Å². The van der Waals surface area contributed by atoms with Gasteiger partial charge in [0.25, 0.3) is 0 Å². The summed E-state index contributed by atoms with van der Waals surface area (Å²) in [6.45, 7) is 1.83. The Morgan fingerprint density at radius 3 is 2.41 bits per heavy atom. The Bertz CT molecular complexity index is 518. The first-order chi connectivity index (χ1) is 9.95. The number of amides is 2. The van der Waals surface area contributed by atoms with Gasteiger partial charge < -0.3 is 15.3 Å². The van der Waals surface area contributed by atoms with E-state index in [1.165, 1.54) is 0 Å². The number of hydrogen-bond donors (Lipinski definition) is 2. The van der Waals surface area contributed by atoms with Gasteiger partial charge in [0.2, 0.25) is 11.8 Å². The van der Waals surface area contributed by atoms with E-state index in [4.69, 9.17) is 5.11 Å². The molecule has 3 atom stereocenters. The second-order valence-electron chi connectivity index (χ2n) is 6.34. The van der Waals surface area contributed by atoms with Gasteiger partial charge in [-0.15, -0.1) is 0 Å². The topological polar surface area (TPSA) is 86.7 Å². The van der Waals surface area contributed by atoms with Crippen LogP contribution < -0.4 is 5.32 Å². The van der Waals surface area contributed by atoms with Gasteiger partial charge in [-0.2, -0.15) is 13.2 Å². The van der Waals surface area contributed by atoms with Crippen molar-refractivity contribution in [1.29, 1.82) is 0 Å². The Morgan fingerprint density at radius 2 is 1.95 bits per heavy atom. The second kappa shape index (κ2) is 5.13. The minimum absolute atomic E-state index is 0.0836. The number of carbonyl (C=O) groups excluding carboxylic acids is 2. The van der Waals surface area contributed by atoms with Crippen LogP contribution in [0.15, 0.2) is 0 Å². The van der Waals surface area contributed by atoms with E-state index in [0.717, 1.165) is 0 Å². The fourth-order valence-corrected chi connectivity index (χ4v) is 3.10. The third-order valence-corrected chi connectivity index (χ3v) is 4.36. The van der Waals surface area contributed by atoms with Crippen LogP contribution in [0.4, 0.5) is 13.2 Å². The normalized spacial score (nSPS) is 30.3. The number of likely N-dealkylation sites (tertiary alicyclic amines) is 1. The predicted molar refractivity (Wildman–Crippen MR) is 67.6 cm³/mol. The standard InChI is InChI=1S/C13H17F3N2O4/c1-12(2)7(8(12)11(21)22)9(19)17-6-3-4-18(10(6)20)5-13(14,15)16/h6-8H,3-5H2,1-2H3,(H,17,19)(H,21,22)/t6?,7-,8+/m1/s1. The minimum Gasteiger partial charge on any atom is -0.481 e.